The van der Waals surface area contributed by atoms with Crippen LogP contribution in [0, 0.1) is 13.8 Å². The highest BCUT2D eigenvalue weighted by Crippen LogP contribution is 2.16. The van der Waals surface area contributed by atoms with Crippen molar-refractivity contribution in [2.75, 3.05) is 6.54 Å². The van der Waals surface area contributed by atoms with Crippen LogP contribution in [0.5, 0.6) is 0 Å². The van der Waals surface area contributed by atoms with Crippen LogP contribution in [-0.4, -0.2) is 38.0 Å². The third-order valence-electron chi connectivity index (χ3n) is 3.96. The zero-order chi connectivity index (χ0) is 20.0. The SMILES string of the molecule is Cc1ccc(S(=O)(=O)NCC(=O)N[C@@H](Cc2ccccc2)C(=O)O)c(C)c1. The van der Waals surface area contributed by atoms with Crippen molar-refractivity contribution in [3.05, 3.63) is 65.2 Å². The van der Waals surface area contributed by atoms with Crippen LogP contribution < -0.4 is 10.0 Å². The molecule has 27 heavy (non-hydrogen) atoms. The minimum atomic E-state index is -3.88. The van der Waals surface area contributed by atoms with E-state index in [9.17, 15) is 23.1 Å². The van der Waals surface area contributed by atoms with E-state index in [1.54, 1.807) is 49.4 Å². The lowest BCUT2D eigenvalue weighted by Gasteiger charge is -2.15. The van der Waals surface area contributed by atoms with E-state index in [1.165, 1.54) is 6.07 Å². The Balaban J connectivity index is 2.00. The van der Waals surface area contributed by atoms with Crippen LogP contribution in [0.3, 0.4) is 0 Å². The monoisotopic (exact) mass is 390 g/mol. The van der Waals surface area contributed by atoms with Gasteiger partial charge in [0.2, 0.25) is 15.9 Å². The number of rotatable bonds is 8. The largest absolute Gasteiger partial charge is 0.480 e. The number of carbonyl (C=O) groups is 2. The van der Waals surface area contributed by atoms with Crippen molar-refractivity contribution < 1.29 is 23.1 Å². The molecule has 0 aromatic heterocycles. The van der Waals surface area contributed by atoms with Gasteiger partial charge in [-0.25, -0.2) is 17.9 Å². The van der Waals surface area contributed by atoms with Crippen LogP contribution in [0.1, 0.15) is 16.7 Å². The summed E-state index contributed by atoms with van der Waals surface area (Å²) in [5.41, 5.74) is 2.24. The van der Waals surface area contributed by atoms with Gasteiger partial charge in [-0.05, 0) is 31.0 Å². The third-order valence-corrected chi connectivity index (χ3v) is 5.52. The molecule has 0 saturated carbocycles. The maximum Gasteiger partial charge on any atom is 0.326 e. The van der Waals surface area contributed by atoms with E-state index >= 15 is 0 Å². The molecule has 0 bridgehead atoms. The first-order chi connectivity index (χ1) is 12.7. The maximum absolute atomic E-state index is 12.4. The number of sulfonamides is 1. The molecule has 0 aliphatic rings. The molecule has 7 nitrogen and oxygen atoms in total. The van der Waals surface area contributed by atoms with Crippen molar-refractivity contribution in [2.24, 2.45) is 0 Å². The lowest BCUT2D eigenvalue weighted by atomic mass is 10.1. The molecule has 2 rings (SSSR count). The average Bonchev–Trinajstić information content (AvgIpc) is 2.60. The zero-order valence-electron chi connectivity index (χ0n) is 15.1. The smallest absolute Gasteiger partial charge is 0.326 e. The Morgan fingerprint density at radius 3 is 2.33 bits per heavy atom. The lowest BCUT2D eigenvalue weighted by Crippen LogP contribution is -2.46. The number of hydrogen-bond acceptors (Lipinski definition) is 4. The summed E-state index contributed by atoms with van der Waals surface area (Å²) in [4.78, 5) is 23.5. The fourth-order valence-electron chi connectivity index (χ4n) is 2.63. The molecule has 0 spiro atoms. The number of carboxylic acid groups (broad SMARTS) is 1. The van der Waals surface area contributed by atoms with Crippen molar-refractivity contribution in [1.29, 1.82) is 0 Å². The molecule has 0 heterocycles. The van der Waals surface area contributed by atoms with E-state index in [0.717, 1.165) is 11.1 Å². The van der Waals surface area contributed by atoms with Gasteiger partial charge in [0.25, 0.3) is 0 Å². The van der Waals surface area contributed by atoms with E-state index in [1.807, 2.05) is 6.92 Å². The highest BCUT2D eigenvalue weighted by atomic mass is 32.2. The Labute approximate surface area is 158 Å². The van der Waals surface area contributed by atoms with E-state index in [4.69, 9.17) is 0 Å². The van der Waals surface area contributed by atoms with Gasteiger partial charge in [-0.1, -0.05) is 48.0 Å². The summed E-state index contributed by atoms with van der Waals surface area (Å²) < 4.78 is 27.0. The van der Waals surface area contributed by atoms with Gasteiger partial charge in [0.1, 0.15) is 6.04 Å². The molecule has 2 aromatic rings. The summed E-state index contributed by atoms with van der Waals surface area (Å²) in [5.74, 6) is -1.91. The van der Waals surface area contributed by atoms with Gasteiger partial charge in [-0.2, -0.15) is 0 Å². The van der Waals surface area contributed by atoms with Gasteiger partial charge in [0, 0.05) is 6.42 Å². The van der Waals surface area contributed by atoms with Crippen LogP contribution in [0.15, 0.2) is 53.4 Å². The molecule has 1 amide bonds. The molecule has 144 valence electrons. The summed E-state index contributed by atoms with van der Waals surface area (Å²) in [5, 5.41) is 11.6. The van der Waals surface area contributed by atoms with Crippen LogP contribution in [-0.2, 0) is 26.0 Å². The fourth-order valence-corrected chi connectivity index (χ4v) is 3.84. The Kier molecular flexibility index (Phi) is 6.70. The van der Waals surface area contributed by atoms with Gasteiger partial charge < -0.3 is 10.4 Å². The zero-order valence-corrected chi connectivity index (χ0v) is 15.9. The molecule has 0 aliphatic carbocycles. The Morgan fingerprint density at radius 1 is 1.07 bits per heavy atom. The molecule has 8 heteroatoms. The Bertz CT molecular complexity index is 926. The number of carbonyl (C=O) groups excluding carboxylic acids is 1. The van der Waals surface area contributed by atoms with Crippen LogP contribution in [0.2, 0.25) is 0 Å². The van der Waals surface area contributed by atoms with Gasteiger partial charge in [-0.15, -0.1) is 0 Å². The number of benzene rings is 2. The fraction of sp³-hybridized carbons (Fsp3) is 0.263. The Hall–Kier alpha value is -2.71. The second-order valence-corrected chi connectivity index (χ2v) is 7.98. The molecular weight excluding hydrogens is 368 g/mol. The molecule has 0 saturated heterocycles. The molecule has 2 aromatic carbocycles. The van der Waals surface area contributed by atoms with Crippen LogP contribution in [0.4, 0.5) is 0 Å². The molecule has 3 N–H and O–H groups in total. The number of amides is 1. The van der Waals surface area contributed by atoms with E-state index in [0.29, 0.717) is 5.56 Å². The summed E-state index contributed by atoms with van der Waals surface area (Å²) in [6.07, 6.45) is 0.103. The molecule has 1 atom stereocenters. The number of carboxylic acids is 1. The van der Waals surface area contributed by atoms with Gasteiger partial charge in [0.15, 0.2) is 0 Å². The average molecular weight is 390 g/mol. The van der Waals surface area contributed by atoms with E-state index < -0.39 is 34.5 Å². The maximum atomic E-state index is 12.4. The standard InChI is InChI=1S/C19H22N2O5S/c1-13-8-9-17(14(2)10-13)27(25,26)20-12-18(22)21-16(19(23)24)11-15-6-4-3-5-7-15/h3-10,16,20H,11-12H2,1-2H3,(H,21,22)(H,23,24)/t16-/m0/s1. The molecule has 0 unspecified atom stereocenters. The summed E-state index contributed by atoms with van der Waals surface area (Å²) in [6, 6.07) is 12.6. The number of aliphatic carboxylic acids is 1. The van der Waals surface area contributed by atoms with Crippen molar-refractivity contribution >= 4 is 21.9 Å². The van der Waals surface area contributed by atoms with E-state index in [2.05, 4.69) is 10.0 Å². The highest BCUT2D eigenvalue weighted by Gasteiger charge is 2.22. The Morgan fingerprint density at radius 2 is 1.74 bits per heavy atom. The van der Waals surface area contributed by atoms with Crippen molar-refractivity contribution in [3.8, 4) is 0 Å². The molecule has 0 aliphatic heterocycles. The molecule has 0 fully saturated rings. The van der Waals surface area contributed by atoms with Crippen molar-refractivity contribution in [3.63, 3.8) is 0 Å². The van der Waals surface area contributed by atoms with Crippen molar-refractivity contribution in [1.82, 2.24) is 10.0 Å². The lowest BCUT2D eigenvalue weighted by molar-refractivity contribution is -0.141. The van der Waals surface area contributed by atoms with E-state index in [-0.39, 0.29) is 11.3 Å². The third kappa shape index (κ3) is 5.90. The van der Waals surface area contributed by atoms with Gasteiger partial charge >= 0.3 is 5.97 Å². The second kappa shape index (κ2) is 8.79. The highest BCUT2D eigenvalue weighted by molar-refractivity contribution is 7.89. The number of hydrogen-bond donors (Lipinski definition) is 3. The van der Waals surface area contributed by atoms with Crippen LogP contribution >= 0.6 is 0 Å². The van der Waals surface area contributed by atoms with Crippen molar-refractivity contribution in [2.45, 2.75) is 31.2 Å². The first-order valence-electron chi connectivity index (χ1n) is 8.32. The molecular formula is C19H22N2O5S. The normalized spacial score (nSPS) is 12.4. The van der Waals surface area contributed by atoms with Gasteiger partial charge in [-0.3, -0.25) is 4.79 Å². The predicted molar refractivity (Wildman–Crippen MR) is 101 cm³/mol. The second-order valence-electron chi connectivity index (χ2n) is 6.24. The minimum absolute atomic E-state index is 0.0833. The summed E-state index contributed by atoms with van der Waals surface area (Å²) in [7, 11) is -3.88. The number of aryl methyl sites for hydroxylation is 2. The molecule has 0 radical (unpaired) electrons. The predicted octanol–water partition coefficient (Wildman–Crippen LogP) is 1.39. The summed E-state index contributed by atoms with van der Waals surface area (Å²) >= 11 is 0. The number of nitrogens with one attached hydrogen (secondary N) is 2. The topological polar surface area (TPSA) is 113 Å². The van der Waals surface area contributed by atoms with Crippen LogP contribution in [0.25, 0.3) is 0 Å². The minimum Gasteiger partial charge on any atom is -0.480 e. The first-order valence-corrected chi connectivity index (χ1v) is 9.80. The van der Waals surface area contributed by atoms with Gasteiger partial charge in [0.05, 0.1) is 11.4 Å². The first kappa shape index (κ1) is 20.6. The summed E-state index contributed by atoms with van der Waals surface area (Å²) in [6.45, 7) is 2.97. The quantitative estimate of drug-likeness (QED) is 0.631.